The number of nitrogens with one attached hydrogen (secondary N) is 2. The van der Waals surface area contributed by atoms with Crippen LogP contribution in [0.25, 0.3) is 16.3 Å². The molecular formula is C26H25N3O3. The minimum absolute atomic E-state index is 0.142. The third-order valence-corrected chi connectivity index (χ3v) is 5.26. The van der Waals surface area contributed by atoms with E-state index in [0.717, 1.165) is 16.5 Å². The normalized spacial score (nSPS) is 13.9. The summed E-state index contributed by atoms with van der Waals surface area (Å²) in [5, 5.41) is 7.98. The van der Waals surface area contributed by atoms with E-state index in [1.54, 1.807) is 24.3 Å². The van der Waals surface area contributed by atoms with E-state index < -0.39 is 0 Å². The van der Waals surface area contributed by atoms with Crippen LogP contribution < -0.4 is 10.6 Å². The maximum atomic E-state index is 13.3. The molecule has 3 aromatic rings. The summed E-state index contributed by atoms with van der Waals surface area (Å²) in [6, 6.07) is 20.6. The molecule has 3 aromatic carbocycles. The molecule has 0 aromatic heterocycles. The number of anilines is 2. The second-order valence-electron chi connectivity index (χ2n) is 8.28. The number of nitrogens with zero attached hydrogens (tertiary/aromatic N) is 1. The van der Waals surface area contributed by atoms with E-state index in [1.165, 1.54) is 11.8 Å². The highest BCUT2D eigenvalue weighted by Crippen LogP contribution is 2.33. The molecule has 6 heteroatoms. The molecule has 0 aliphatic carbocycles. The van der Waals surface area contributed by atoms with Crippen molar-refractivity contribution in [3.8, 4) is 0 Å². The Balaban J connectivity index is 1.79. The van der Waals surface area contributed by atoms with Gasteiger partial charge in [-0.2, -0.15) is 0 Å². The zero-order chi connectivity index (χ0) is 22.8. The predicted octanol–water partition coefficient (Wildman–Crippen LogP) is 4.65. The molecule has 1 aliphatic heterocycles. The molecule has 0 fully saturated rings. The number of imide groups is 1. The Morgan fingerprint density at radius 3 is 2.28 bits per heavy atom. The topological polar surface area (TPSA) is 78.5 Å². The number of carbonyl (C=O) groups is 3. The van der Waals surface area contributed by atoms with Gasteiger partial charge in [0.15, 0.2) is 0 Å². The molecule has 0 radical (unpaired) electrons. The number of hydrogen-bond donors (Lipinski definition) is 2. The zero-order valence-corrected chi connectivity index (χ0v) is 18.3. The highest BCUT2D eigenvalue weighted by atomic mass is 16.2. The SMILES string of the molecule is CC(=O)Nc1ccc(C2=C(Nc3cccc4ccccc34)C(=O)N(CC(C)C)C2=O)cc1. The lowest BCUT2D eigenvalue weighted by molar-refractivity contribution is -0.137. The van der Waals surface area contributed by atoms with Gasteiger partial charge in [-0.15, -0.1) is 0 Å². The summed E-state index contributed by atoms with van der Waals surface area (Å²) in [5.74, 6) is -0.690. The Morgan fingerprint density at radius 1 is 0.906 bits per heavy atom. The fourth-order valence-electron chi connectivity index (χ4n) is 3.88. The molecule has 0 atom stereocenters. The summed E-state index contributed by atoms with van der Waals surface area (Å²) in [5.41, 5.74) is 2.60. The van der Waals surface area contributed by atoms with Gasteiger partial charge in [-0.1, -0.05) is 62.4 Å². The zero-order valence-electron chi connectivity index (χ0n) is 18.3. The summed E-state index contributed by atoms with van der Waals surface area (Å²) in [4.78, 5) is 39.3. The van der Waals surface area contributed by atoms with Crippen molar-refractivity contribution in [1.82, 2.24) is 4.90 Å². The van der Waals surface area contributed by atoms with E-state index in [2.05, 4.69) is 10.6 Å². The van der Waals surface area contributed by atoms with Gasteiger partial charge in [-0.25, -0.2) is 0 Å². The average molecular weight is 428 g/mol. The number of rotatable bonds is 6. The molecule has 2 N–H and O–H groups in total. The van der Waals surface area contributed by atoms with Crippen LogP contribution in [0.15, 0.2) is 72.4 Å². The molecule has 0 unspecified atom stereocenters. The van der Waals surface area contributed by atoms with E-state index >= 15 is 0 Å². The molecule has 4 rings (SSSR count). The van der Waals surface area contributed by atoms with E-state index in [0.29, 0.717) is 23.4 Å². The van der Waals surface area contributed by atoms with Crippen molar-refractivity contribution in [1.29, 1.82) is 0 Å². The lowest BCUT2D eigenvalue weighted by Gasteiger charge is -2.17. The summed E-state index contributed by atoms with van der Waals surface area (Å²) in [6.07, 6.45) is 0. The first-order valence-corrected chi connectivity index (χ1v) is 10.6. The number of benzene rings is 3. The van der Waals surface area contributed by atoms with Crippen LogP contribution in [0.5, 0.6) is 0 Å². The van der Waals surface area contributed by atoms with Gasteiger partial charge in [0, 0.05) is 30.2 Å². The van der Waals surface area contributed by atoms with E-state index in [9.17, 15) is 14.4 Å². The van der Waals surface area contributed by atoms with Crippen LogP contribution in [0.4, 0.5) is 11.4 Å². The van der Waals surface area contributed by atoms with Crippen molar-refractivity contribution in [3.05, 3.63) is 78.0 Å². The fraction of sp³-hybridized carbons (Fsp3) is 0.192. The van der Waals surface area contributed by atoms with Gasteiger partial charge >= 0.3 is 0 Å². The molecule has 6 nitrogen and oxygen atoms in total. The second-order valence-corrected chi connectivity index (χ2v) is 8.28. The van der Waals surface area contributed by atoms with Crippen LogP contribution in [-0.4, -0.2) is 29.2 Å². The van der Waals surface area contributed by atoms with Gasteiger partial charge in [0.25, 0.3) is 11.8 Å². The Hall–Kier alpha value is -3.93. The summed E-state index contributed by atoms with van der Waals surface area (Å²) < 4.78 is 0. The van der Waals surface area contributed by atoms with Crippen LogP contribution in [-0.2, 0) is 14.4 Å². The van der Waals surface area contributed by atoms with Gasteiger partial charge in [-0.3, -0.25) is 19.3 Å². The average Bonchev–Trinajstić information content (AvgIpc) is 2.98. The third kappa shape index (κ3) is 4.12. The summed E-state index contributed by atoms with van der Waals surface area (Å²) in [6.45, 7) is 5.72. The molecule has 0 saturated heterocycles. The van der Waals surface area contributed by atoms with Gasteiger partial charge in [-0.05, 0) is 35.1 Å². The Bertz CT molecular complexity index is 1240. The molecule has 1 aliphatic rings. The largest absolute Gasteiger partial charge is 0.350 e. The van der Waals surface area contributed by atoms with E-state index in [1.807, 2.05) is 56.3 Å². The van der Waals surface area contributed by atoms with E-state index in [-0.39, 0.29) is 29.3 Å². The maximum absolute atomic E-state index is 13.3. The number of hydrogen-bond acceptors (Lipinski definition) is 4. The third-order valence-electron chi connectivity index (χ3n) is 5.26. The maximum Gasteiger partial charge on any atom is 0.278 e. The van der Waals surface area contributed by atoms with Gasteiger partial charge in [0.05, 0.1) is 5.57 Å². The van der Waals surface area contributed by atoms with Crippen molar-refractivity contribution in [2.45, 2.75) is 20.8 Å². The number of amides is 3. The van der Waals surface area contributed by atoms with Crippen molar-refractivity contribution in [3.63, 3.8) is 0 Å². The van der Waals surface area contributed by atoms with Crippen LogP contribution in [0, 0.1) is 5.92 Å². The van der Waals surface area contributed by atoms with Gasteiger partial charge < -0.3 is 10.6 Å². The minimum atomic E-state index is -0.336. The second kappa shape index (κ2) is 8.67. The first kappa shape index (κ1) is 21.3. The van der Waals surface area contributed by atoms with Gasteiger partial charge in [0.1, 0.15) is 5.70 Å². The standard InChI is InChI=1S/C26H25N3O3/c1-16(2)15-29-25(31)23(19-11-13-20(14-12-19)27-17(3)30)24(26(29)32)28-22-10-6-8-18-7-4-5-9-21(18)22/h4-14,16,28H,15H2,1-3H3,(H,27,30). The molecule has 0 spiro atoms. The van der Waals surface area contributed by atoms with Crippen LogP contribution in [0.3, 0.4) is 0 Å². The van der Waals surface area contributed by atoms with Crippen molar-refractivity contribution >= 4 is 45.4 Å². The quantitative estimate of drug-likeness (QED) is 0.562. The predicted molar refractivity (Wildman–Crippen MR) is 127 cm³/mol. The fourth-order valence-corrected chi connectivity index (χ4v) is 3.88. The number of carbonyl (C=O) groups excluding carboxylic acids is 3. The van der Waals surface area contributed by atoms with Crippen molar-refractivity contribution in [2.75, 3.05) is 17.2 Å². The molecule has 0 saturated carbocycles. The minimum Gasteiger partial charge on any atom is -0.350 e. The summed E-state index contributed by atoms with van der Waals surface area (Å²) in [7, 11) is 0. The molecule has 3 amide bonds. The van der Waals surface area contributed by atoms with Crippen LogP contribution in [0.2, 0.25) is 0 Å². The molecule has 162 valence electrons. The van der Waals surface area contributed by atoms with E-state index in [4.69, 9.17) is 0 Å². The Labute approximate surface area is 186 Å². The monoisotopic (exact) mass is 427 g/mol. The molecule has 1 heterocycles. The van der Waals surface area contributed by atoms with Crippen LogP contribution in [0.1, 0.15) is 26.3 Å². The number of fused-ring (bicyclic) bond motifs is 1. The lowest BCUT2D eigenvalue weighted by atomic mass is 10.0. The van der Waals surface area contributed by atoms with Crippen LogP contribution >= 0.6 is 0 Å². The highest BCUT2D eigenvalue weighted by Gasteiger charge is 2.39. The van der Waals surface area contributed by atoms with Gasteiger partial charge in [0.2, 0.25) is 5.91 Å². The van der Waals surface area contributed by atoms with Crippen molar-refractivity contribution < 1.29 is 14.4 Å². The Kier molecular flexibility index (Phi) is 5.77. The highest BCUT2D eigenvalue weighted by molar-refractivity contribution is 6.36. The molecular weight excluding hydrogens is 402 g/mol. The molecule has 0 bridgehead atoms. The summed E-state index contributed by atoms with van der Waals surface area (Å²) >= 11 is 0. The lowest BCUT2D eigenvalue weighted by Crippen LogP contribution is -2.35. The first-order chi connectivity index (χ1) is 15.3. The first-order valence-electron chi connectivity index (χ1n) is 10.6. The Morgan fingerprint density at radius 2 is 1.59 bits per heavy atom. The smallest absolute Gasteiger partial charge is 0.278 e. The molecule has 32 heavy (non-hydrogen) atoms. The van der Waals surface area contributed by atoms with Crippen molar-refractivity contribution in [2.24, 2.45) is 5.92 Å².